The molecule has 0 bridgehead atoms. The maximum absolute atomic E-state index is 10.0. The molecule has 1 unspecified atom stereocenters. The number of hydrogen-bond donors (Lipinski definition) is 2. The molecule has 4 rings (SSSR count). The minimum atomic E-state index is -0.519. The van der Waals surface area contributed by atoms with Gasteiger partial charge < -0.3 is 10.1 Å². The molecule has 1 aromatic heterocycles. The Bertz CT molecular complexity index is 1130. The zero-order valence-corrected chi connectivity index (χ0v) is 15.6. The maximum Gasteiger partial charge on any atom is 0.131 e. The van der Waals surface area contributed by atoms with Crippen LogP contribution in [0.2, 0.25) is 5.02 Å². The van der Waals surface area contributed by atoms with Gasteiger partial charge in [-0.1, -0.05) is 60.1 Å². The van der Waals surface area contributed by atoms with Crippen LogP contribution in [-0.2, 0) is 0 Å². The van der Waals surface area contributed by atoms with Crippen LogP contribution in [-0.4, -0.2) is 15.1 Å². The van der Waals surface area contributed by atoms with Gasteiger partial charge in [0.05, 0.1) is 17.1 Å². The lowest BCUT2D eigenvalue weighted by atomic mass is 9.96. The first-order valence-electron chi connectivity index (χ1n) is 8.81. The van der Waals surface area contributed by atoms with Crippen LogP contribution in [0.5, 0.6) is 0 Å². The molecule has 1 atom stereocenters. The molecule has 4 heteroatoms. The van der Waals surface area contributed by atoms with Crippen molar-refractivity contribution in [1.29, 1.82) is 0 Å². The SMILES string of the molecule is CC(O)c1ccccc1-c1ccc2nc(C=Cc3cccc(Cl)c3)[nH]c2c1. The Morgan fingerprint density at radius 3 is 2.67 bits per heavy atom. The Morgan fingerprint density at radius 2 is 1.85 bits per heavy atom. The third-order valence-electron chi connectivity index (χ3n) is 4.50. The molecule has 1 heterocycles. The van der Waals surface area contributed by atoms with Gasteiger partial charge in [0.25, 0.3) is 0 Å². The van der Waals surface area contributed by atoms with Crippen molar-refractivity contribution < 1.29 is 5.11 Å². The second-order valence-corrected chi connectivity index (χ2v) is 6.94. The number of nitrogens with zero attached hydrogens (tertiary/aromatic N) is 1. The van der Waals surface area contributed by atoms with Crippen LogP contribution in [0.25, 0.3) is 34.3 Å². The summed E-state index contributed by atoms with van der Waals surface area (Å²) in [5.41, 5.74) is 5.87. The number of rotatable bonds is 4. The second-order valence-electron chi connectivity index (χ2n) is 6.51. The smallest absolute Gasteiger partial charge is 0.131 e. The molecule has 134 valence electrons. The normalized spacial score (nSPS) is 12.7. The van der Waals surface area contributed by atoms with E-state index in [1.807, 2.05) is 72.8 Å². The largest absolute Gasteiger partial charge is 0.389 e. The van der Waals surface area contributed by atoms with E-state index in [1.165, 1.54) is 0 Å². The van der Waals surface area contributed by atoms with Gasteiger partial charge >= 0.3 is 0 Å². The second kappa shape index (κ2) is 7.39. The van der Waals surface area contributed by atoms with Crippen molar-refractivity contribution in [1.82, 2.24) is 9.97 Å². The average Bonchev–Trinajstić information content (AvgIpc) is 3.08. The van der Waals surface area contributed by atoms with E-state index in [0.29, 0.717) is 5.02 Å². The first-order valence-corrected chi connectivity index (χ1v) is 9.19. The molecular weight excluding hydrogens is 356 g/mol. The van der Waals surface area contributed by atoms with Crippen molar-refractivity contribution in [3.05, 3.63) is 88.7 Å². The van der Waals surface area contributed by atoms with Gasteiger partial charge in [0.15, 0.2) is 0 Å². The number of benzene rings is 3. The van der Waals surface area contributed by atoms with Crippen LogP contribution < -0.4 is 0 Å². The molecule has 0 saturated heterocycles. The van der Waals surface area contributed by atoms with Crippen LogP contribution >= 0.6 is 11.6 Å². The molecule has 27 heavy (non-hydrogen) atoms. The molecule has 0 spiro atoms. The fourth-order valence-corrected chi connectivity index (χ4v) is 3.38. The minimum Gasteiger partial charge on any atom is -0.389 e. The molecule has 0 saturated carbocycles. The van der Waals surface area contributed by atoms with Gasteiger partial charge in [0, 0.05) is 5.02 Å². The van der Waals surface area contributed by atoms with Crippen LogP contribution in [0, 0.1) is 0 Å². The van der Waals surface area contributed by atoms with E-state index in [-0.39, 0.29) is 0 Å². The molecule has 3 aromatic carbocycles. The predicted octanol–water partition coefficient (Wildman–Crippen LogP) is 6.11. The highest BCUT2D eigenvalue weighted by atomic mass is 35.5. The van der Waals surface area contributed by atoms with Gasteiger partial charge in [-0.15, -0.1) is 0 Å². The third kappa shape index (κ3) is 3.80. The predicted molar refractivity (Wildman–Crippen MR) is 113 cm³/mol. The number of hydrogen-bond acceptors (Lipinski definition) is 2. The lowest BCUT2D eigenvalue weighted by molar-refractivity contribution is 0.200. The summed E-state index contributed by atoms with van der Waals surface area (Å²) in [6.45, 7) is 1.78. The number of H-pyrrole nitrogens is 1. The Balaban J connectivity index is 1.68. The van der Waals surface area contributed by atoms with Crippen molar-refractivity contribution in [2.75, 3.05) is 0 Å². The summed E-state index contributed by atoms with van der Waals surface area (Å²) in [4.78, 5) is 7.96. The van der Waals surface area contributed by atoms with Crippen LogP contribution in [0.1, 0.15) is 30.0 Å². The quantitative estimate of drug-likeness (QED) is 0.453. The Hall–Kier alpha value is -2.88. The minimum absolute atomic E-state index is 0.519. The van der Waals surface area contributed by atoms with Crippen molar-refractivity contribution in [2.24, 2.45) is 0 Å². The number of fused-ring (bicyclic) bond motifs is 1. The standard InChI is InChI=1S/C23H19ClN2O/c1-15(27)19-7-2-3-8-20(19)17-10-11-21-22(14-17)26-23(25-21)12-9-16-5-4-6-18(24)13-16/h2-15,27H,1H3,(H,25,26). The van der Waals surface area contributed by atoms with Crippen molar-refractivity contribution >= 4 is 34.8 Å². The molecule has 0 aliphatic carbocycles. The summed E-state index contributed by atoms with van der Waals surface area (Å²) in [5.74, 6) is 0.783. The molecule has 0 amide bonds. The zero-order valence-electron chi connectivity index (χ0n) is 14.9. The first-order chi connectivity index (χ1) is 13.1. The Labute approximate surface area is 163 Å². The molecule has 0 fully saturated rings. The molecule has 0 radical (unpaired) electrons. The number of aliphatic hydroxyl groups is 1. The van der Waals surface area contributed by atoms with E-state index < -0.39 is 6.10 Å². The molecule has 3 nitrogen and oxygen atoms in total. The van der Waals surface area contributed by atoms with E-state index in [9.17, 15) is 5.11 Å². The first kappa shape index (κ1) is 17.5. The lowest BCUT2D eigenvalue weighted by Crippen LogP contribution is -1.94. The molecular formula is C23H19ClN2O. The van der Waals surface area contributed by atoms with Gasteiger partial charge in [0.1, 0.15) is 5.82 Å². The molecule has 0 aliphatic heterocycles. The number of nitrogens with one attached hydrogen (secondary N) is 1. The zero-order chi connectivity index (χ0) is 18.8. The van der Waals surface area contributed by atoms with Gasteiger partial charge in [-0.3, -0.25) is 0 Å². The monoisotopic (exact) mass is 374 g/mol. The summed E-state index contributed by atoms with van der Waals surface area (Å²) in [6, 6.07) is 21.7. The third-order valence-corrected chi connectivity index (χ3v) is 4.74. The summed E-state index contributed by atoms with van der Waals surface area (Å²) in [6.07, 6.45) is 3.40. The topological polar surface area (TPSA) is 48.9 Å². The average molecular weight is 375 g/mol. The van der Waals surface area contributed by atoms with Crippen molar-refractivity contribution in [3.8, 4) is 11.1 Å². The summed E-state index contributed by atoms with van der Waals surface area (Å²) in [7, 11) is 0. The number of halogens is 1. The van der Waals surface area contributed by atoms with Crippen LogP contribution in [0.15, 0.2) is 66.7 Å². The Morgan fingerprint density at radius 1 is 1.00 bits per heavy atom. The molecule has 0 aliphatic rings. The molecule has 4 aromatic rings. The highest BCUT2D eigenvalue weighted by Crippen LogP contribution is 2.30. The number of imidazole rings is 1. The van der Waals surface area contributed by atoms with Crippen LogP contribution in [0.3, 0.4) is 0 Å². The van der Waals surface area contributed by atoms with Gasteiger partial charge in [-0.2, -0.15) is 0 Å². The van der Waals surface area contributed by atoms with Crippen molar-refractivity contribution in [3.63, 3.8) is 0 Å². The maximum atomic E-state index is 10.0. The number of aromatic nitrogens is 2. The fourth-order valence-electron chi connectivity index (χ4n) is 3.19. The lowest BCUT2D eigenvalue weighted by Gasteiger charge is -2.11. The van der Waals surface area contributed by atoms with Crippen molar-refractivity contribution in [2.45, 2.75) is 13.0 Å². The van der Waals surface area contributed by atoms with E-state index >= 15 is 0 Å². The summed E-state index contributed by atoms with van der Waals surface area (Å²) < 4.78 is 0. The van der Waals surface area contributed by atoms with Gasteiger partial charge in [-0.05, 0) is 59.5 Å². The summed E-state index contributed by atoms with van der Waals surface area (Å²) >= 11 is 6.03. The molecule has 2 N–H and O–H groups in total. The van der Waals surface area contributed by atoms with Gasteiger partial charge in [-0.25, -0.2) is 4.98 Å². The van der Waals surface area contributed by atoms with E-state index in [0.717, 1.165) is 39.1 Å². The number of aromatic amines is 1. The van der Waals surface area contributed by atoms with E-state index in [1.54, 1.807) is 6.92 Å². The highest BCUT2D eigenvalue weighted by molar-refractivity contribution is 6.30. The highest BCUT2D eigenvalue weighted by Gasteiger charge is 2.10. The fraction of sp³-hybridized carbons (Fsp3) is 0.0870. The van der Waals surface area contributed by atoms with E-state index in [2.05, 4.69) is 16.0 Å². The summed E-state index contributed by atoms with van der Waals surface area (Å²) in [5, 5.41) is 10.8. The Kier molecular flexibility index (Phi) is 4.80. The number of aliphatic hydroxyl groups excluding tert-OH is 1. The van der Waals surface area contributed by atoms with E-state index in [4.69, 9.17) is 11.6 Å². The van der Waals surface area contributed by atoms with Crippen LogP contribution in [0.4, 0.5) is 0 Å². The van der Waals surface area contributed by atoms with Gasteiger partial charge in [0.2, 0.25) is 0 Å².